The number of nitrogens with zero attached hydrogens (tertiary/aromatic N) is 3. The highest BCUT2D eigenvalue weighted by atomic mass is 16.5. The van der Waals surface area contributed by atoms with Crippen molar-refractivity contribution in [2.45, 2.75) is 19.9 Å². The van der Waals surface area contributed by atoms with E-state index in [9.17, 15) is 0 Å². The molecule has 16 heavy (non-hydrogen) atoms. The second kappa shape index (κ2) is 3.63. The zero-order chi connectivity index (χ0) is 11.0. The number of aromatic nitrogens is 3. The molecule has 0 unspecified atom stereocenters. The van der Waals surface area contributed by atoms with Gasteiger partial charge >= 0.3 is 0 Å². The van der Waals surface area contributed by atoms with Crippen molar-refractivity contribution in [1.82, 2.24) is 15.0 Å². The summed E-state index contributed by atoms with van der Waals surface area (Å²) in [5.41, 5.74) is 3.26. The Bertz CT molecular complexity index is 519. The van der Waals surface area contributed by atoms with Crippen molar-refractivity contribution in [3.63, 3.8) is 0 Å². The van der Waals surface area contributed by atoms with Crippen LogP contribution in [0.3, 0.4) is 0 Å². The number of hydrogen-bond acceptors (Lipinski definition) is 3. The van der Waals surface area contributed by atoms with Crippen LogP contribution in [0, 0.1) is 0 Å². The molecule has 0 radical (unpaired) electrons. The van der Waals surface area contributed by atoms with E-state index in [1.54, 1.807) is 11.0 Å². The fraction of sp³-hybridized carbons (Fsp3) is 0.333. The van der Waals surface area contributed by atoms with Crippen LogP contribution in [-0.2, 0) is 13.0 Å². The van der Waals surface area contributed by atoms with Crippen LogP contribution in [0.1, 0.15) is 12.5 Å². The van der Waals surface area contributed by atoms with Crippen LogP contribution in [0.4, 0.5) is 0 Å². The van der Waals surface area contributed by atoms with Crippen LogP contribution in [0.5, 0.6) is 5.75 Å². The summed E-state index contributed by atoms with van der Waals surface area (Å²) in [6, 6.07) is 6.24. The molecule has 4 nitrogen and oxygen atoms in total. The Kier molecular flexibility index (Phi) is 2.13. The summed E-state index contributed by atoms with van der Waals surface area (Å²) >= 11 is 0. The highest BCUT2D eigenvalue weighted by Gasteiger charge is 2.13. The second-order valence-electron chi connectivity index (χ2n) is 3.84. The lowest BCUT2D eigenvalue weighted by molar-refractivity contribution is 0.357. The molecule has 0 aliphatic carbocycles. The first kappa shape index (κ1) is 9.39. The van der Waals surface area contributed by atoms with Crippen LogP contribution < -0.4 is 4.74 Å². The van der Waals surface area contributed by atoms with Crippen LogP contribution in [0.2, 0.25) is 0 Å². The first-order valence-electron chi connectivity index (χ1n) is 5.53. The van der Waals surface area contributed by atoms with E-state index in [1.165, 1.54) is 5.56 Å². The van der Waals surface area contributed by atoms with Crippen LogP contribution in [-0.4, -0.2) is 21.6 Å². The second-order valence-corrected chi connectivity index (χ2v) is 3.84. The molecule has 0 fully saturated rings. The molecule has 0 bridgehead atoms. The molecule has 1 aliphatic rings. The van der Waals surface area contributed by atoms with E-state index in [0.29, 0.717) is 0 Å². The van der Waals surface area contributed by atoms with E-state index < -0.39 is 0 Å². The van der Waals surface area contributed by atoms with Gasteiger partial charge in [-0.3, -0.25) is 0 Å². The van der Waals surface area contributed by atoms with Crippen LogP contribution >= 0.6 is 0 Å². The lowest BCUT2D eigenvalue weighted by atomic mass is 10.1. The Morgan fingerprint density at radius 3 is 3.19 bits per heavy atom. The first-order chi connectivity index (χ1) is 7.86. The molecule has 1 aromatic heterocycles. The SMILES string of the molecule is CCn1ncc(-c2ccc3c(c2)OCC3)n1. The van der Waals surface area contributed by atoms with Gasteiger partial charge in [-0.25, -0.2) is 0 Å². The summed E-state index contributed by atoms with van der Waals surface area (Å²) < 4.78 is 5.54. The third-order valence-corrected chi connectivity index (χ3v) is 2.81. The van der Waals surface area contributed by atoms with Gasteiger partial charge in [0.25, 0.3) is 0 Å². The van der Waals surface area contributed by atoms with Gasteiger partial charge in [0.15, 0.2) is 0 Å². The molecule has 0 saturated carbocycles. The monoisotopic (exact) mass is 215 g/mol. The molecular formula is C12H13N3O. The molecular weight excluding hydrogens is 202 g/mol. The maximum Gasteiger partial charge on any atom is 0.123 e. The molecule has 1 aromatic carbocycles. The number of aryl methyl sites for hydroxylation is 1. The standard InChI is InChI=1S/C12H13N3O/c1-2-15-13-8-11(14-15)10-4-3-9-5-6-16-12(9)7-10/h3-4,7-8H,2,5-6H2,1H3. The van der Waals surface area contributed by atoms with E-state index in [2.05, 4.69) is 22.3 Å². The summed E-state index contributed by atoms with van der Waals surface area (Å²) in [5, 5.41) is 8.54. The first-order valence-corrected chi connectivity index (χ1v) is 5.53. The number of rotatable bonds is 2. The van der Waals surface area contributed by atoms with Gasteiger partial charge < -0.3 is 4.74 Å². The predicted octanol–water partition coefficient (Wildman–Crippen LogP) is 1.90. The minimum atomic E-state index is 0.792. The molecule has 0 amide bonds. The maximum atomic E-state index is 5.54. The molecule has 2 aromatic rings. The predicted molar refractivity (Wildman–Crippen MR) is 60.3 cm³/mol. The smallest absolute Gasteiger partial charge is 0.123 e. The minimum absolute atomic E-state index is 0.792. The Morgan fingerprint density at radius 2 is 2.38 bits per heavy atom. The average molecular weight is 215 g/mol. The zero-order valence-corrected chi connectivity index (χ0v) is 9.18. The summed E-state index contributed by atoms with van der Waals surface area (Å²) in [7, 11) is 0. The Balaban J connectivity index is 2.00. The number of hydrogen-bond donors (Lipinski definition) is 0. The van der Waals surface area contributed by atoms with Gasteiger partial charge in [0.1, 0.15) is 11.4 Å². The Labute approximate surface area is 93.9 Å². The Hall–Kier alpha value is -1.84. The van der Waals surface area contributed by atoms with Gasteiger partial charge in [0.05, 0.1) is 19.3 Å². The number of fused-ring (bicyclic) bond motifs is 1. The van der Waals surface area contributed by atoms with E-state index in [0.717, 1.165) is 36.6 Å². The third kappa shape index (κ3) is 1.46. The van der Waals surface area contributed by atoms with E-state index in [-0.39, 0.29) is 0 Å². The Morgan fingerprint density at radius 1 is 1.44 bits per heavy atom. The summed E-state index contributed by atoms with van der Waals surface area (Å²) in [6.45, 7) is 3.61. The number of benzene rings is 1. The lowest BCUT2D eigenvalue weighted by Crippen LogP contribution is -1.97. The van der Waals surface area contributed by atoms with Crippen molar-refractivity contribution in [3.8, 4) is 17.0 Å². The minimum Gasteiger partial charge on any atom is -0.493 e. The van der Waals surface area contributed by atoms with Crippen molar-refractivity contribution in [2.75, 3.05) is 6.61 Å². The van der Waals surface area contributed by atoms with Gasteiger partial charge in [-0.1, -0.05) is 12.1 Å². The average Bonchev–Trinajstić information content (AvgIpc) is 2.96. The van der Waals surface area contributed by atoms with Gasteiger partial charge in [-0.2, -0.15) is 15.0 Å². The molecule has 1 aliphatic heterocycles. The number of ether oxygens (including phenoxy) is 1. The molecule has 2 heterocycles. The highest BCUT2D eigenvalue weighted by molar-refractivity contribution is 5.62. The molecule has 4 heteroatoms. The van der Waals surface area contributed by atoms with Crippen molar-refractivity contribution in [1.29, 1.82) is 0 Å². The van der Waals surface area contributed by atoms with E-state index >= 15 is 0 Å². The van der Waals surface area contributed by atoms with Gasteiger partial charge in [0, 0.05) is 12.0 Å². The summed E-state index contributed by atoms with van der Waals surface area (Å²) in [4.78, 5) is 1.68. The zero-order valence-electron chi connectivity index (χ0n) is 9.18. The van der Waals surface area contributed by atoms with Gasteiger partial charge in [-0.15, -0.1) is 0 Å². The summed E-state index contributed by atoms with van der Waals surface area (Å²) in [5.74, 6) is 0.989. The quantitative estimate of drug-likeness (QED) is 0.768. The van der Waals surface area contributed by atoms with Crippen LogP contribution in [0.15, 0.2) is 24.4 Å². The maximum absolute atomic E-state index is 5.54. The lowest BCUT2D eigenvalue weighted by Gasteiger charge is -2.01. The van der Waals surface area contributed by atoms with Crippen molar-refractivity contribution >= 4 is 0 Å². The van der Waals surface area contributed by atoms with E-state index in [4.69, 9.17) is 4.74 Å². The van der Waals surface area contributed by atoms with Crippen LogP contribution in [0.25, 0.3) is 11.3 Å². The normalized spacial score (nSPS) is 13.6. The fourth-order valence-electron chi connectivity index (χ4n) is 1.91. The third-order valence-electron chi connectivity index (χ3n) is 2.81. The molecule has 0 N–H and O–H groups in total. The van der Waals surface area contributed by atoms with Crippen molar-refractivity contribution in [2.24, 2.45) is 0 Å². The molecule has 0 spiro atoms. The largest absolute Gasteiger partial charge is 0.493 e. The van der Waals surface area contributed by atoms with Gasteiger partial charge in [0.2, 0.25) is 0 Å². The summed E-state index contributed by atoms with van der Waals surface area (Å²) in [6.07, 6.45) is 2.80. The molecule has 3 rings (SSSR count). The molecule has 82 valence electrons. The molecule has 0 atom stereocenters. The topological polar surface area (TPSA) is 39.9 Å². The fourth-order valence-corrected chi connectivity index (χ4v) is 1.91. The van der Waals surface area contributed by atoms with Gasteiger partial charge in [-0.05, 0) is 18.6 Å². The van der Waals surface area contributed by atoms with Crippen molar-refractivity contribution < 1.29 is 4.74 Å². The van der Waals surface area contributed by atoms with E-state index in [1.807, 2.05) is 13.0 Å². The van der Waals surface area contributed by atoms with Crippen molar-refractivity contribution in [3.05, 3.63) is 30.0 Å². The highest BCUT2D eigenvalue weighted by Crippen LogP contribution is 2.29. The molecule has 0 saturated heterocycles.